The van der Waals surface area contributed by atoms with Crippen LogP contribution in [0.5, 0.6) is 0 Å². The number of benzene rings is 2. The van der Waals surface area contributed by atoms with Crippen LogP contribution in [0.25, 0.3) is 68.6 Å². The summed E-state index contributed by atoms with van der Waals surface area (Å²) in [5.74, 6) is 0. The molecule has 5 aromatic rings. The quantitative estimate of drug-likeness (QED) is 0.132. The van der Waals surface area contributed by atoms with Crippen LogP contribution in [0.2, 0.25) is 0 Å². The minimum absolute atomic E-state index is 0. The van der Waals surface area contributed by atoms with Crippen molar-refractivity contribution in [1.29, 1.82) is 0 Å². The van der Waals surface area contributed by atoms with Gasteiger partial charge in [0.1, 0.15) is 0 Å². The largest absolute Gasteiger partial charge is 2.00 e. The van der Waals surface area contributed by atoms with Gasteiger partial charge in [-0.3, -0.25) is 0 Å². The van der Waals surface area contributed by atoms with E-state index in [2.05, 4.69) is 99.2 Å². The molecule has 5 heterocycles. The molecule has 0 fully saturated rings. The van der Waals surface area contributed by atoms with Crippen molar-refractivity contribution >= 4 is 84.9 Å². The summed E-state index contributed by atoms with van der Waals surface area (Å²) >= 11 is 6.15. The first-order chi connectivity index (χ1) is 18.7. The van der Waals surface area contributed by atoms with Gasteiger partial charge in [0.25, 0.3) is 0 Å². The summed E-state index contributed by atoms with van der Waals surface area (Å²) in [5.41, 5.74) is 11.0. The fraction of sp³-hybridized carbons (Fsp3) is 0. The molecule has 182 valence electrons. The zero-order valence-electron chi connectivity index (χ0n) is 20.6. The molecule has 0 saturated heterocycles. The molecule has 3 aromatic heterocycles. The number of nitrogens with zero attached hydrogens (tertiary/aromatic N) is 4. The molecule has 0 N–H and O–H groups in total. The van der Waals surface area contributed by atoms with Crippen LogP contribution in [0.4, 0.5) is 0 Å². The van der Waals surface area contributed by atoms with E-state index in [0.29, 0.717) is 0 Å². The zero-order valence-corrected chi connectivity index (χ0v) is 27.4. The monoisotopic (exact) mass is 728 g/mol. The van der Waals surface area contributed by atoms with Gasteiger partial charge in [0, 0.05) is 8.04 Å². The van der Waals surface area contributed by atoms with Crippen molar-refractivity contribution in [3.63, 3.8) is 0 Å². The van der Waals surface area contributed by atoms with Gasteiger partial charge in [0.2, 0.25) is 0 Å². The minimum Gasteiger partial charge on any atom is -0.656 e. The summed E-state index contributed by atoms with van der Waals surface area (Å²) in [6, 6.07) is 28.8. The predicted octanol–water partition coefficient (Wildman–Crippen LogP) is 8.61. The van der Waals surface area contributed by atoms with Crippen molar-refractivity contribution < 1.29 is 19.5 Å². The third kappa shape index (κ3) is 4.77. The molecule has 0 amide bonds. The fourth-order valence-electron chi connectivity index (χ4n) is 4.82. The molecule has 0 atom stereocenters. The first kappa shape index (κ1) is 26.1. The van der Waals surface area contributed by atoms with Gasteiger partial charge in [-0.05, 0) is 85.1 Å². The molecule has 39 heavy (non-hydrogen) atoms. The van der Waals surface area contributed by atoms with E-state index < -0.39 is 0 Å². The van der Waals surface area contributed by atoms with Crippen molar-refractivity contribution in [3.8, 4) is 22.3 Å². The summed E-state index contributed by atoms with van der Waals surface area (Å²) in [6.07, 6.45) is 8.21. The van der Waals surface area contributed by atoms with E-state index in [0.717, 1.165) is 75.1 Å². The van der Waals surface area contributed by atoms with Crippen LogP contribution in [0.1, 0.15) is 22.8 Å². The van der Waals surface area contributed by atoms with E-state index >= 15 is 0 Å². The van der Waals surface area contributed by atoms with E-state index in [1.165, 1.54) is 0 Å². The maximum atomic E-state index is 5.05. The molecule has 0 saturated carbocycles. The van der Waals surface area contributed by atoms with E-state index in [4.69, 9.17) is 19.9 Å². The number of aromatic nitrogens is 4. The molecule has 0 unspecified atom stereocenters. The van der Waals surface area contributed by atoms with E-state index in [1.807, 2.05) is 48.5 Å². The summed E-state index contributed by atoms with van der Waals surface area (Å²) in [4.78, 5) is 20.2. The van der Waals surface area contributed by atoms with Crippen LogP contribution >= 0.6 is 38.5 Å². The predicted molar refractivity (Wildman–Crippen MR) is 168 cm³/mol. The Balaban J connectivity index is 0.00000277. The van der Waals surface area contributed by atoms with Crippen molar-refractivity contribution in [1.82, 2.24) is 19.9 Å². The van der Waals surface area contributed by atoms with Gasteiger partial charge in [0.15, 0.2) is 0 Å². The Morgan fingerprint density at radius 3 is 1.54 bits per heavy atom. The molecule has 0 aliphatic carbocycles. The Hall–Kier alpha value is -3.13. The van der Waals surface area contributed by atoms with Crippen molar-refractivity contribution in [3.05, 3.63) is 116 Å². The normalized spacial score (nSPS) is 11.9. The molecule has 0 spiro atoms. The zero-order chi connectivity index (χ0) is 25.6. The number of fused-ring (bicyclic) bond motifs is 8. The Kier molecular flexibility index (Phi) is 7.23. The van der Waals surface area contributed by atoms with E-state index in [-0.39, 0.29) is 19.5 Å². The van der Waals surface area contributed by atoms with Gasteiger partial charge in [-0.25, -0.2) is 9.97 Å². The Labute approximate surface area is 260 Å². The van der Waals surface area contributed by atoms with E-state index in [9.17, 15) is 0 Å². The summed E-state index contributed by atoms with van der Waals surface area (Å²) < 4.78 is 1.84. The van der Waals surface area contributed by atoms with Gasteiger partial charge < -0.3 is 9.97 Å². The Morgan fingerprint density at radius 2 is 0.949 bits per heavy atom. The second kappa shape index (κ2) is 10.8. The maximum absolute atomic E-state index is 5.05. The molecule has 2 aliphatic rings. The average Bonchev–Trinajstić information content (AvgIpc) is 3.77. The van der Waals surface area contributed by atoms with Crippen molar-refractivity contribution in [2.75, 3.05) is 0 Å². The Morgan fingerprint density at radius 1 is 0.513 bits per heavy atom. The molecule has 7 rings (SSSR count). The van der Waals surface area contributed by atoms with E-state index in [1.54, 1.807) is 0 Å². The topological polar surface area (TPSA) is 54.0 Å². The second-order valence-electron chi connectivity index (χ2n) is 8.97. The van der Waals surface area contributed by atoms with Crippen LogP contribution < -0.4 is 9.97 Å². The third-order valence-electron chi connectivity index (χ3n) is 6.61. The SMILES string of the molecule is Brc1c2nc(c(-c3ccccc3)c3ccc([n-]3)c(I)c3nc(c(-c4ccccc4)c4ccc1[n-]4)C=C3)C=C2.[Zn+2]. The molecule has 2 aliphatic heterocycles. The van der Waals surface area contributed by atoms with Crippen molar-refractivity contribution in [2.24, 2.45) is 0 Å². The first-order valence-electron chi connectivity index (χ1n) is 12.1. The van der Waals surface area contributed by atoms with Crippen LogP contribution in [0.3, 0.4) is 0 Å². The van der Waals surface area contributed by atoms with Gasteiger partial charge in [0.05, 0.1) is 22.8 Å². The first-order valence-corrected chi connectivity index (χ1v) is 14.0. The van der Waals surface area contributed by atoms with Crippen molar-refractivity contribution in [2.45, 2.75) is 0 Å². The molecular weight excluding hydrogens is 713 g/mol. The minimum atomic E-state index is 0. The van der Waals surface area contributed by atoms with Gasteiger partial charge in [-0.15, -0.1) is 22.1 Å². The second-order valence-corrected chi connectivity index (χ2v) is 10.8. The van der Waals surface area contributed by atoms with Crippen LogP contribution in [-0.2, 0) is 19.5 Å². The summed E-state index contributed by atoms with van der Waals surface area (Å²) in [6.45, 7) is 0. The van der Waals surface area contributed by atoms with Crippen LogP contribution in [0.15, 0.2) is 89.4 Å². The average molecular weight is 731 g/mol. The van der Waals surface area contributed by atoms with Gasteiger partial charge in [-0.2, -0.15) is 0 Å². The molecule has 0 radical (unpaired) electrons. The smallest absolute Gasteiger partial charge is 0.656 e. The molecule has 7 heteroatoms. The number of rotatable bonds is 2. The van der Waals surface area contributed by atoms with Crippen LogP contribution in [0, 0.1) is 3.57 Å². The van der Waals surface area contributed by atoms with Gasteiger partial charge >= 0.3 is 19.5 Å². The standard InChI is InChI=1S/C32H18BrIN4.Zn/c33-31-25-15-11-21(35-25)29(19-7-3-1-4-8-19)23-13-17-27(37-23)32(34)28-18-14-24(38-28)30(20-9-5-2-6-10-20)22-12-16-26(31)36-22;/h1-18H;/q-2;+2. The molecule has 8 bridgehead atoms. The Bertz CT molecular complexity index is 1800. The number of halogens is 2. The van der Waals surface area contributed by atoms with Gasteiger partial charge in [-0.1, -0.05) is 84.9 Å². The number of hydrogen-bond acceptors (Lipinski definition) is 2. The summed E-state index contributed by atoms with van der Waals surface area (Å²) in [5, 5.41) is 0. The van der Waals surface area contributed by atoms with Crippen LogP contribution in [-0.4, -0.2) is 9.97 Å². The molecular formula is C32H18BrIN4Zn. The third-order valence-corrected chi connectivity index (χ3v) is 8.53. The fourth-order valence-corrected chi connectivity index (χ4v) is 5.86. The maximum Gasteiger partial charge on any atom is 2.00 e. The summed E-state index contributed by atoms with van der Waals surface area (Å²) in [7, 11) is 0. The molecule has 2 aromatic carbocycles. The number of hydrogen-bond donors (Lipinski definition) is 0. The molecule has 4 nitrogen and oxygen atoms in total.